The number of aliphatic carboxylic acids is 3. The summed E-state index contributed by atoms with van der Waals surface area (Å²) in [4.78, 5) is 43.9. The van der Waals surface area contributed by atoms with Gasteiger partial charge < -0.3 is 27.7 Å². The van der Waals surface area contributed by atoms with Crippen molar-refractivity contribution in [3.63, 3.8) is 0 Å². The second-order valence-electron chi connectivity index (χ2n) is 8.44. The fourth-order valence-corrected chi connectivity index (χ4v) is 4.48. The third-order valence-corrected chi connectivity index (χ3v) is 5.67. The van der Waals surface area contributed by atoms with Crippen molar-refractivity contribution >= 4 is 23.9 Å². The zero-order valence-electron chi connectivity index (χ0n) is 18.2. The zero-order valence-corrected chi connectivity index (χ0v) is 19.0. The second kappa shape index (κ2) is 12.2. The number of halogens is 1. The standard InChI is InChI=1S/C19H32N6O6.ClH/c26-16(27)4-1-7-20-10-23-12-21(8-2-5-17(28)29)14-25-15-22(9-3-6-18(30)31)13-24(11-20)19(23)25;/h1-15H2,(H2-,26,27,28,29,30,31);1H. The summed E-state index contributed by atoms with van der Waals surface area (Å²) < 4.78 is 2.27. The fraction of sp³-hybridized carbons (Fsp3) is 0.789. The molecule has 0 saturated carbocycles. The van der Waals surface area contributed by atoms with E-state index in [9.17, 15) is 14.4 Å². The average molecular weight is 477 g/mol. The Morgan fingerprint density at radius 1 is 0.656 bits per heavy atom. The summed E-state index contributed by atoms with van der Waals surface area (Å²) in [6.07, 6.45) is 2.17. The van der Waals surface area contributed by atoms with Crippen LogP contribution in [0, 0.1) is 0 Å². The van der Waals surface area contributed by atoms with Crippen molar-refractivity contribution in [3.05, 3.63) is 0 Å². The number of hydrogen-bond acceptors (Lipinski definition) is 8. The number of hydrogen-bond donors (Lipinski definition) is 3. The molecule has 0 aromatic carbocycles. The van der Waals surface area contributed by atoms with Gasteiger partial charge in [0.1, 0.15) is 40.0 Å². The first kappa shape index (κ1) is 26.1. The van der Waals surface area contributed by atoms with E-state index in [0.29, 0.717) is 78.9 Å². The van der Waals surface area contributed by atoms with Crippen molar-refractivity contribution in [3.8, 4) is 0 Å². The number of guanidine groups is 1. The van der Waals surface area contributed by atoms with Gasteiger partial charge in [0, 0.05) is 38.9 Å². The predicted molar refractivity (Wildman–Crippen MR) is 109 cm³/mol. The molecule has 0 aliphatic carbocycles. The molecule has 3 heterocycles. The second-order valence-corrected chi connectivity index (χ2v) is 8.44. The lowest BCUT2D eigenvalue weighted by Crippen LogP contribution is -3.00. The van der Waals surface area contributed by atoms with Crippen LogP contribution in [0.4, 0.5) is 0 Å². The van der Waals surface area contributed by atoms with Crippen molar-refractivity contribution in [2.75, 3.05) is 59.6 Å². The summed E-state index contributed by atoms with van der Waals surface area (Å²) in [6.45, 7) is 6.28. The monoisotopic (exact) mass is 476 g/mol. The Bertz CT molecular complexity index is 676. The van der Waals surface area contributed by atoms with Crippen LogP contribution in [0.25, 0.3) is 0 Å². The molecule has 32 heavy (non-hydrogen) atoms. The van der Waals surface area contributed by atoms with Crippen LogP contribution >= 0.6 is 0 Å². The van der Waals surface area contributed by atoms with Crippen LogP contribution in [0.5, 0.6) is 0 Å². The smallest absolute Gasteiger partial charge is 0.356 e. The van der Waals surface area contributed by atoms with E-state index in [0.717, 1.165) is 5.96 Å². The maximum absolute atomic E-state index is 10.9. The van der Waals surface area contributed by atoms with E-state index in [1.165, 1.54) is 0 Å². The highest BCUT2D eigenvalue weighted by molar-refractivity contribution is 5.76. The maximum atomic E-state index is 10.9. The predicted octanol–water partition coefficient (Wildman–Crippen LogP) is -3.75. The minimum atomic E-state index is -0.791. The van der Waals surface area contributed by atoms with E-state index in [1.54, 1.807) is 0 Å². The van der Waals surface area contributed by atoms with Crippen LogP contribution in [0.15, 0.2) is 0 Å². The third-order valence-electron chi connectivity index (χ3n) is 5.67. The van der Waals surface area contributed by atoms with Gasteiger partial charge in [-0.25, -0.2) is 29.1 Å². The van der Waals surface area contributed by atoms with E-state index < -0.39 is 17.9 Å². The van der Waals surface area contributed by atoms with Crippen LogP contribution in [0.1, 0.15) is 38.5 Å². The molecular weight excluding hydrogens is 444 g/mol. The molecule has 12 nitrogen and oxygen atoms in total. The molecule has 1 saturated heterocycles. The summed E-state index contributed by atoms with van der Waals surface area (Å²) in [6, 6.07) is 0. The molecule has 0 spiro atoms. The molecule has 3 rings (SSSR count). The molecule has 0 aromatic rings. The van der Waals surface area contributed by atoms with Gasteiger partial charge >= 0.3 is 23.9 Å². The molecule has 182 valence electrons. The normalized spacial score (nSPS) is 19.5. The molecular formula is C19H33ClN6O6. The van der Waals surface area contributed by atoms with Crippen molar-refractivity contribution in [1.82, 2.24) is 24.5 Å². The first-order valence-corrected chi connectivity index (χ1v) is 10.8. The lowest BCUT2D eigenvalue weighted by molar-refractivity contribution is -0.596. The van der Waals surface area contributed by atoms with Gasteiger partial charge in [0.05, 0.1) is 0 Å². The SMILES string of the molecule is O=C(O)CCCN1CN2CN(CCCC(=O)O)C[N+]3=C2N(C1)CN(CCCC(=O)O)C3.[Cl-]. The van der Waals surface area contributed by atoms with Crippen LogP contribution in [-0.4, -0.2) is 128 Å². The van der Waals surface area contributed by atoms with Crippen LogP contribution in [-0.2, 0) is 14.4 Å². The van der Waals surface area contributed by atoms with Gasteiger partial charge in [0.2, 0.25) is 0 Å². The van der Waals surface area contributed by atoms with Crippen molar-refractivity contribution < 1.29 is 46.7 Å². The van der Waals surface area contributed by atoms with Gasteiger partial charge in [-0.2, -0.15) is 0 Å². The zero-order chi connectivity index (χ0) is 22.4. The molecule has 0 bridgehead atoms. The first-order chi connectivity index (χ1) is 14.8. The molecule has 0 amide bonds. The first-order valence-electron chi connectivity index (χ1n) is 10.8. The van der Waals surface area contributed by atoms with Gasteiger partial charge in [-0.05, 0) is 19.3 Å². The molecule has 1 fully saturated rings. The Balaban J connectivity index is 0.00000363. The van der Waals surface area contributed by atoms with Crippen LogP contribution in [0.3, 0.4) is 0 Å². The van der Waals surface area contributed by atoms with Gasteiger partial charge in [0.15, 0.2) is 0 Å². The van der Waals surface area contributed by atoms with Gasteiger partial charge in [-0.1, -0.05) is 0 Å². The van der Waals surface area contributed by atoms with Crippen molar-refractivity contribution in [2.24, 2.45) is 0 Å². The summed E-state index contributed by atoms with van der Waals surface area (Å²) >= 11 is 0. The molecule has 0 unspecified atom stereocenters. The molecule has 3 aliphatic rings. The van der Waals surface area contributed by atoms with Crippen LogP contribution in [0.2, 0.25) is 0 Å². The van der Waals surface area contributed by atoms with E-state index in [2.05, 4.69) is 29.1 Å². The van der Waals surface area contributed by atoms with Crippen molar-refractivity contribution in [2.45, 2.75) is 38.5 Å². The lowest BCUT2D eigenvalue weighted by Gasteiger charge is -2.48. The lowest BCUT2D eigenvalue weighted by atomic mass is 10.2. The molecule has 13 heteroatoms. The summed E-state index contributed by atoms with van der Waals surface area (Å²) in [7, 11) is 0. The quantitative estimate of drug-likeness (QED) is 0.240. The highest BCUT2D eigenvalue weighted by Crippen LogP contribution is 2.20. The van der Waals surface area contributed by atoms with Gasteiger partial charge in [-0.15, -0.1) is 0 Å². The Hall–Kier alpha value is -2.15. The Morgan fingerprint density at radius 2 is 1.00 bits per heavy atom. The van der Waals surface area contributed by atoms with Gasteiger partial charge in [0.25, 0.3) is 0 Å². The number of carboxylic acid groups (broad SMARTS) is 3. The van der Waals surface area contributed by atoms with E-state index >= 15 is 0 Å². The summed E-state index contributed by atoms with van der Waals surface area (Å²) in [5, 5.41) is 26.8. The highest BCUT2D eigenvalue weighted by Gasteiger charge is 2.44. The van der Waals surface area contributed by atoms with Crippen LogP contribution < -0.4 is 12.4 Å². The summed E-state index contributed by atoms with van der Waals surface area (Å²) in [5.41, 5.74) is 0. The van der Waals surface area contributed by atoms with E-state index in [1.807, 2.05) is 0 Å². The highest BCUT2D eigenvalue weighted by atomic mass is 35.5. The Labute approximate surface area is 193 Å². The number of carboxylic acids is 3. The summed E-state index contributed by atoms with van der Waals surface area (Å²) in [5.74, 6) is -1.22. The van der Waals surface area contributed by atoms with Gasteiger partial charge in [-0.3, -0.25) is 14.4 Å². The molecule has 3 aliphatic heterocycles. The number of nitrogens with zero attached hydrogens (tertiary/aromatic N) is 6. The minimum absolute atomic E-state index is 0. The molecule has 3 N–H and O–H groups in total. The fourth-order valence-electron chi connectivity index (χ4n) is 4.48. The Morgan fingerprint density at radius 3 is 1.38 bits per heavy atom. The largest absolute Gasteiger partial charge is 1.00 e. The van der Waals surface area contributed by atoms with E-state index in [4.69, 9.17) is 15.3 Å². The minimum Gasteiger partial charge on any atom is -1.00 e. The average Bonchev–Trinajstić information content (AvgIpc) is 2.66. The number of rotatable bonds is 12. The third kappa shape index (κ3) is 7.47. The molecule has 0 atom stereocenters. The Kier molecular flexibility index (Phi) is 9.94. The van der Waals surface area contributed by atoms with Crippen molar-refractivity contribution in [1.29, 1.82) is 0 Å². The maximum Gasteiger partial charge on any atom is 0.356 e. The molecule has 0 radical (unpaired) electrons. The topological polar surface area (TPSA) is 131 Å². The molecule has 0 aromatic heterocycles. The van der Waals surface area contributed by atoms with E-state index in [-0.39, 0.29) is 31.7 Å². The number of carbonyl (C=O) groups is 3.